The summed E-state index contributed by atoms with van der Waals surface area (Å²) in [5.74, 6) is 2.24. The molecule has 0 bridgehead atoms. The summed E-state index contributed by atoms with van der Waals surface area (Å²) in [6.45, 7) is 4.41. The zero-order valence-corrected chi connectivity index (χ0v) is 22.2. The summed E-state index contributed by atoms with van der Waals surface area (Å²) in [5.41, 5.74) is 3.54. The third-order valence-corrected chi connectivity index (χ3v) is 8.26. The van der Waals surface area contributed by atoms with Crippen molar-refractivity contribution in [3.63, 3.8) is 0 Å². The van der Waals surface area contributed by atoms with E-state index in [9.17, 15) is 10.2 Å². The summed E-state index contributed by atoms with van der Waals surface area (Å²) in [4.78, 5) is 0. The zero-order valence-electron chi connectivity index (χ0n) is 17.9. The van der Waals surface area contributed by atoms with Gasteiger partial charge in [-0.2, -0.15) is 0 Å². The Morgan fingerprint density at radius 2 is 0.933 bits per heavy atom. The molecule has 6 nitrogen and oxygen atoms in total. The quantitative estimate of drug-likeness (QED) is 0.438. The lowest BCUT2D eigenvalue weighted by atomic mass is 9.77. The molecule has 0 fully saturated rings. The van der Waals surface area contributed by atoms with Crippen molar-refractivity contribution in [3.05, 3.63) is 18.3 Å². The van der Waals surface area contributed by atoms with Gasteiger partial charge in [-0.25, -0.2) is 0 Å². The second-order valence-corrected chi connectivity index (χ2v) is 9.69. The first-order valence-electron chi connectivity index (χ1n) is 9.54. The Morgan fingerprint density at radius 1 is 0.633 bits per heavy atom. The summed E-state index contributed by atoms with van der Waals surface area (Å²) in [6, 6.07) is 0. The molecular formula is C22H26I2O6. The minimum absolute atomic E-state index is 0.0649. The number of fused-ring (bicyclic) bond motifs is 3. The van der Waals surface area contributed by atoms with Gasteiger partial charge in [0, 0.05) is 11.1 Å². The fraction of sp³-hybridized carbons (Fsp3) is 0.455. The Labute approximate surface area is 204 Å². The number of benzene rings is 2. The summed E-state index contributed by atoms with van der Waals surface area (Å²) in [5, 5.41) is 21.7. The SMILES string of the molecule is COc1c(O)c(I)c2c(c1OC)-c1c(c(I)c(O)c(OC)c1OC)C[C@H](C)[C@H](C)C2. The number of halogens is 2. The van der Waals surface area contributed by atoms with E-state index in [2.05, 4.69) is 59.0 Å². The lowest BCUT2D eigenvalue weighted by Crippen LogP contribution is -2.20. The van der Waals surface area contributed by atoms with Crippen molar-refractivity contribution in [1.82, 2.24) is 0 Å². The van der Waals surface area contributed by atoms with Crippen LogP contribution in [0.3, 0.4) is 0 Å². The Hall–Kier alpha value is -1.30. The van der Waals surface area contributed by atoms with E-state index < -0.39 is 0 Å². The Kier molecular flexibility index (Phi) is 7.05. The van der Waals surface area contributed by atoms with Crippen LogP contribution in [-0.2, 0) is 12.8 Å². The van der Waals surface area contributed by atoms with E-state index in [-0.39, 0.29) is 23.0 Å². The molecular weight excluding hydrogens is 614 g/mol. The first kappa shape index (κ1) is 23.4. The van der Waals surface area contributed by atoms with Crippen LogP contribution in [0.25, 0.3) is 11.1 Å². The smallest absolute Gasteiger partial charge is 0.204 e. The van der Waals surface area contributed by atoms with Crippen LogP contribution in [0.15, 0.2) is 0 Å². The molecule has 0 aromatic heterocycles. The normalized spacial score (nSPS) is 18.0. The molecule has 0 aliphatic heterocycles. The van der Waals surface area contributed by atoms with Crippen LogP contribution in [0.2, 0.25) is 0 Å². The molecule has 0 saturated carbocycles. The highest BCUT2D eigenvalue weighted by atomic mass is 127. The van der Waals surface area contributed by atoms with Gasteiger partial charge >= 0.3 is 0 Å². The maximum absolute atomic E-state index is 10.8. The molecule has 0 radical (unpaired) electrons. The Bertz CT molecular complexity index is 910. The molecule has 30 heavy (non-hydrogen) atoms. The lowest BCUT2D eigenvalue weighted by Gasteiger charge is -2.31. The molecule has 164 valence electrons. The van der Waals surface area contributed by atoms with Crippen LogP contribution in [0.4, 0.5) is 0 Å². The number of aromatic hydroxyl groups is 2. The standard InChI is InChI=1S/C22H26I2O6/c1-9-7-11-13(19(27-3)21(29-5)17(25)15(11)23)14-12(8-10(9)2)16(24)18(26)22(30-6)20(14)28-4/h9-10,25-26H,7-8H2,1-6H3/t9-,10+. The summed E-state index contributed by atoms with van der Waals surface area (Å²) >= 11 is 4.33. The fourth-order valence-corrected chi connectivity index (χ4v) is 5.62. The van der Waals surface area contributed by atoms with E-state index in [1.165, 1.54) is 14.2 Å². The van der Waals surface area contributed by atoms with E-state index in [1.54, 1.807) is 14.2 Å². The molecule has 2 atom stereocenters. The number of rotatable bonds is 4. The van der Waals surface area contributed by atoms with Crippen LogP contribution >= 0.6 is 45.2 Å². The van der Waals surface area contributed by atoms with Gasteiger partial charge in [-0.3, -0.25) is 0 Å². The van der Waals surface area contributed by atoms with Gasteiger partial charge in [-0.1, -0.05) is 13.8 Å². The highest BCUT2D eigenvalue weighted by Gasteiger charge is 2.36. The van der Waals surface area contributed by atoms with Crippen molar-refractivity contribution in [2.24, 2.45) is 11.8 Å². The molecule has 3 rings (SSSR count). The van der Waals surface area contributed by atoms with Crippen molar-refractivity contribution in [1.29, 1.82) is 0 Å². The van der Waals surface area contributed by atoms with E-state index in [1.807, 2.05) is 0 Å². The second-order valence-electron chi connectivity index (χ2n) is 7.53. The molecule has 0 spiro atoms. The van der Waals surface area contributed by atoms with Crippen LogP contribution in [0.1, 0.15) is 25.0 Å². The fourth-order valence-electron chi connectivity index (χ4n) is 4.15. The third-order valence-electron chi connectivity index (χ3n) is 5.94. The van der Waals surface area contributed by atoms with Gasteiger partial charge in [0.05, 0.1) is 35.6 Å². The number of phenols is 2. The van der Waals surface area contributed by atoms with Gasteiger partial charge in [-0.05, 0) is 81.0 Å². The topological polar surface area (TPSA) is 77.4 Å². The minimum Gasteiger partial charge on any atom is -0.503 e. The van der Waals surface area contributed by atoms with Crippen molar-refractivity contribution in [2.45, 2.75) is 26.7 Å². The average molecular weight is 640 g/mol. The molecule has 0 saturated heterocycles. The Balaban J connectivity index is 2.62. The number of hydrogen-bond donors (Lipinski definition) is 2. The van der Waals surface area contributed by atoms with E-state index in [0.717, 1.165) is 42.2 Å². The van der Waals surface area contributed by atoms with E-state index in [0.29, 0.717) is 23.3 Å². The predicted molar refractivity (Wildman–Crippen MR) is 133 cm³/mol. The third kappa shape index (κ3) is 3.53. The van der Waals surface area contributed by atoms with Crippen LogP contribution in [-0.4, -0.2) is 38.7 Å². The monoisotopic (exact) mass is 640 g/mol. The molecule has 1 aliphatic rings. The number of ether oxygens (including phenoxy) is 4. The maximum atomic E-state index is 10.8. The van der Waals surface area contributed by atoms with Crippen molar-refractivity contribution in [2.75, 3.05) is 28.4 Å². The predicted octanol–water partition coefficient (Wildman–Crippen LogP) is 5.38. The van der Waals surface area contributed by atoms with Gasteiger partial charge < -0.3 is 29.2 Å². The molecule has 2 N–H and O–H groups in total. The summed E-state index contributed by atoms with van der Waals surface area (Å²) < 4.78 is 24.1. The molecule has 0 amide bonds. The Morgan fingerprint density at radius 3 is 1.20 bits per heavy atom. The maximum Gasteiger partial charge on any atom is 0.204 e. The second kappa shape index (κ2) is 9.05. The summed E-state index contributed by atoms with van der Waals surface area (Å²) in [6.07, 6.45) is 1.51. The average Bonchev–Trinajstić information content (AvgIpc) is 2.73. The van der Waals surface area contributed by atoms with Crippen LogP contribution in [0.5, 0.6) is 34.5 Å². The summed E-state index contributed by atoms with van der Waals surface area (Å²) in [7, 11) is 6.13. The van der Waals surface area contributed by atoms with Gasteiger partial charge in [0.25, 0.3) is 0 Å². The largest absolute Gasteiger partial charge is 0.503 e. The van der Waals surface area contributed by atoms with Crippen molar-refractivity contribution < 1.29 is 29.2 Å². The number of methoxy groups -OCH3 is 4. The zero-order chi connectivity index (χ0) is 22.3. The molecule has 2 aromatic rings. The first-order valence-corrected chi connectivity index (χ1v) is 11.7. The van der Waals surface area contributed by atoms with E-state index in [4.69, 9.17) is 18.9 Å². The highest BCUT2D eigenvalue weighted by Crippen LogP contribution is 2.58. The molecule has 2 aromatic carbocycles. The number of phenolic OH excluding ortho intramolecular Hbond substituents is 2. The van der Waals surface area contributed by atoms with E-state index >= 15 is 0 Å². The van der Waals surface area contributed by atoms with Gasteiger partial charge in [0.2, 0.25) is 11.5 Å². The van der Waals surface area contributed by atoms with Gasteiger partial charge in [-0.15, -0.1) is 0 Å². The molecule has 0 unspecified atom stereocenters. The lowest BCUT2D eigenvalue weighted by molar-refractivity contribution is 0.324. The van der Waals surface area contributed by atoms with Gasteiger partial charge in [0.1, 0.15) is 0 Å². The number of hydrogen-bond acceptors (Lipinski definition) is 6. The minimum atomic E-state index is 0.0649. The molecule has 8 heteroatoms. The first-order chi connectivity index (χ1) is 14.2. The van der Waals surface area contributed by atoms with Crippen LogP contribution < -0.4 is 18.9 Å². The molecule has 1 aliphatic carbocycles. The van der Waals surface area contributed by atoms with Crippen LogP contribution in [0, 0.1) is 19.0 Å². The molecule has 0 heterocycles. The highest BCUT2D eigenvalue weighted by molar-refractivity contribution is 14.1. The van der Waals surface area contributed by atoms with Gasteiger partial charge in [0.15, 0.2) is 23.0 Å². The van der Waals surface area contributed by atoms with Crippen molar-refractivity contribution in [3.8, 4) is 45.6 Å². The van der Waals surface area contributed by atoms with Crippen molar-refractivity contribution >= 4 is 45.2 Å².